The van der Waals surface area contributed by atoms with Crippen molar-refractivity contribution in [3.8, 4) is 0 Å². The zero-order valence-electron chi connectivity index (χ0n) is 10.5. The predicted molar refractivity (Wildman–Crippen MR) is 70.2 cm³/mol. The zero-order valence-corrected chi connectivity index (χ0v) is 11.3. The SMILES string of the molecule is Cc1ccsc1C(C)(C)CNC(=O)C(O)CN. The summed E-state index contributed by atoms with van der Waals surface area (Å²) in [5, 5.41) is 14.0. The van der Waals surface area contributed by atoms with Crippen LogP contribution in [-0.4, -0.2) is 30.2 Å². The molecule has 0 radical (unpaired) electrons. The molecule has 4 nitrogen and oxygen atoms in total. The number of rotatable bonds is 5. The van der Waals surface area contributed by atoms with Gasteiger partial charge < -0.3 is 16.2 Å². The van der Waals surface area contributed by atoms with Crippen LogP contribution in [0.4, 0.5) is 0 Å². The molecule has 1 atom stereocenters. The highest BCUT2D eigenvalue weighted by Gasteiger charge is 2.25. The highest BCUT2D eigenvalue weighted by atomic mass is 32.1. The van der Waals surface area contributed by atoms with Crippen LogP contribution in [-0.2, 0) is 10.2 Å². The second-order valence-electron chi connectivity index (χ2n) is 4.79. The normalized spacial score (nSPS) is 13.5. The number of nitrogens with two attached hydrogens (primary N) is 1. The Morgan fingerprint density at radius 2 is 2.29 bits per heavy atom. The maximum atomic E-state index is 11.4. The molecule has 0 aromatic carbocycles. The van der Waals surface area contributed by atoms with Gasteiger partial charge in [-0.05, 0) is 23.9 Å². The van der Waals surface area contributed by atoms with Crippen LogP contribution in [0.15, 0.2) is 11.4 Å². The number of thiophene rings is 1. The second kappa shape index (κ2) is 5.62. The number of aliphatic hydroxyl groups is 1. The Morgan fingerprint density at radius 3 is 2.76 bits per heavy atom. The topological polar surface area (TPSA) is 75.3 Å². The van der Waals surface area contributed by atoms with Crippen molar-refractivity contribution >= 4 is 17.2 Å². The van der Waals surface area contributed by atoms with Gasteiger partial charge in [0.2, 0.25) is 5.91 Å². The lowest BCUT2D eigenvalue weighted by Gasteiger charge is -2.25. The van der Waals surface area contributed by atoms with Crippen LogP contribution in [0.1, 0.15) is 24.3 Å². The van der Waals surface area contributed by atoms with Crippen LogP contribution in [0, 0.1) is 6.92 Å². The minimum absolute atomic E-state index is 0.0513. The predicted octanol–water partition coefficient (Wildman–Crippen LogP) is 0.770. The smallest absolute Gasteiger partial charge is 0.250 e. The number of carbonyl (C=O) groups excluding carboxylic acids is 1. The summed E-state index contributed by atoms with van der Waals surface area (Å²) < 4.78 is 0. The van der Waals surface area contributed by atoms with Gasteiger partial charge in [-0.3, -0.25) is 4.79 Å². The molecule has 0 saturated carbocycles. The summed E-state index contributed by atoms with van der Waals surface area (Å²) in [6.45, 7) is 6.64. The Bertz CT molecular complexity index is 388. The van der Waals surface area contributed by atoms with Crippen molar-refractivity contribution in [2.75, 3.05) is 13.1 Å². The maximum Gasteiger partial charge on any atom is 0.250 e. The maximum absolute atomic E-state index is 11.4. The molecule has 0 saturated heterocycles. The summed E-state index contributed by atoms with van der Waals surface area (Å²) in [6, 6.07) is 2.07. The molecule has 5 heteroatoms. The highest BCUT2D eigenvalue weighted by molar-refractivity contribution is 7.10. The molecule has 0 aliphatic rings. The zero-order chi connectivity index (χ0) is 13.1. The van der Waals surface area contributed by atoms with Crippen molar-refractivity contribution in [2.45, 2.75) is 32.3 Å². The molecule has 0 spiro atoms. The number of aryl methyl sites for hydroxylation is 1. The van der Waals surface area contributed by atoms with Crippen LogP contribution in [0.25, 0.3) is 0 Å². The van der Waals surface area contributed by atoms with E-state index in [9.17, 15) is 9.90 Å². The molecule has 0 fully saturated rings. The van der Waals surface area contributed by atoms with Gasteiger partial charge in [0.05, 0.1) is 0 Å². The molecular weight excluding hydrogens is 236 g/mol. The highest BCUT2D eigenvalue weighted by Crippen LogP contribution is 2.30. The third-order valence-electron chi connectivity index (χ3n) is 2.71. The molecular formula is C12H20N2O2S. The Kier molecular flexibility index (Phi) is 4.68. The van der Waals surface area contributed by atoms with E-state index >= 15 is 0 Å². The molecule has 0 bridgehead atoms. The summed E-state index contributed by atoms with van der Waals surface area (Å²) >= 11 is 1.68. The largest absolute Gasteiger partial charge is 0.382 e. The molecule has 1 unspecified atom stereocenters. The lowest BCUT2D eigenvalue weighted by molar-refractivity contribution is -0.129. The van der Waals surface area contributed by atoms with Gasteiger partial charge in [-0.25, -0.2) is 0 Å². The molecule has 17 heavy (non-hydrogen) atoms. The molecule has 1 heterocycles. The van der Waals surface area contributed by atoms with E-state index in [2.05, 4.69) is 32.2 Å². The van der Waals surface area contributed by atoms with Gasteiger partial charge in [-0.1, -0.05) is 13.8 Å². The fourth-order valence-corrected chi connectivity index (χ4v) is 2.73. The van der Waals surface area contributed by atoms with E-state index in [0.29, 0.717) is 6.54 Å². The number of hydrogen-bond acceptors (Lipinski definition) is 4. The average Bonchev–Trinajstić information content (AvgIpc) is 2.72. The Labute approximate surface area is 106 Å². The minimum Gasteiger partial charge on any atom is -0.382 e. The monoisotopic (exact) mass is 256 g/mol. The molecule has 1 amide bonds. The first-order valence-electron chi connectivity index (χ1n) is 5.59. The van der Waals surface area contributed by atoms with E-state index in [1.165, 1.54) is 10.4 Å². The third kappa shape index (κ3) is 3.52. The van der Waals surface area contributed by atoms with Crippen LogP contribution in [0.3, 0.4) is 0 Å². The van der Waals surface area contributed by atoms with E-state index in [4.69, 9.17) is 5.73 Å². The summed E-state index contributed by atoms with van der Waals surface area (Å²) in [7, 11) is 0. The van der Waals surface area contributed by atoms with Crippen LogP contribution in [0.2, 0.25) is 0 Å². The lowest BCUT2D eigenvalue weighted by Crippen LogP contribution is -2.44. The molecule has 96 valence electrons. The Balaban J connectivity index is 2.62. The first-order chi connectivity index (χ1) is 7.88. The van der Waals surface area contributed by atoms with Crippen molar-refractivity contribution < 1.29 is 9.90 Å². The summed E-state index contributed by atoms with van der Waals surface area (Å²) in [6.07, 6.45) is -1.12. The number of hydrogen-bond donors (Lipinski definition) is 3. The summed E-state index contributed by atoms with van der Waals surface area (Å²) in [5.41, 5.74) is 6.32. The van der Waals surface area contributed by atoms with Crippen molar-refractivity contribution in [2.24, 2.45) is 5.73 Å². The molecule has 1 aromatic rings. The van der Waals surface area contributed by atoms with Gasteiger partial charge in [-0.2, -0.15) is 0 Å². The van der Waals surface area contributed by atoms with Crippen molar-refractivity contribution in [3.05, 3.63) is 21.9 Å². The van der Waals surface area contributed by atoms with E-state index in [-0.39, 0.29) is 12.0 Å². The van der Waals surface area contributed by atoms with Crippen molar-refractivity contribution in [3.63, 3.8) is 0 Å². The van der Waals surface area contributed by atoms with Crippen LogP contribution < -0.4 is 11.1 Å². The number of amides is 1. The van der Waals surface area contributed by atoms with Crippen LogP contribution in [0.5, 0.6) is 0 Å². The number of aliphatic hydroxyl groups excluding tert-OH is 1. The molecule has 1 rings (SSSR count). The first kappa shape index (κ1) is 14.2. The van der Waals surface area contributed by atoms with Gasteiger partial charge in [0, 0.05) is 23.4 Å². The average molecular weight is 256 g/mol. The summed E-state index contributed by atoms with van der Waals surface area (Å²) in [5.74, 6) is -0.408. The first-order valence-corrected chi connectivity index (χ1v) is 6.47. The molecule has 1 aromatic heterocycles. The Morgan fingerprint density at radius 1 is 1.65 bits per heavy atom. The van der Waals surface area contributed by atoms with Gasteiger partial charge >= 0.3 is 0 Å². The fourth-order valence-electron chi connectivity index (χ4n) is 1.68. The van der Waals surface area contributed by atoms with Gasteiger partial charge in [0.25, 0.3) is 0 Å². The second-order valence-corrected chi connectivity index (χ2v) is 5.70. The van der Waals surface area contributed by atoms with Gasteiger partial charge in [-0.15, -0.1) is 11.3 Å². The van der Waals surface area contributed by atoms with Gasteiger partial charge in [0.15, 0.2) is 0 Å². The van der Waals surface area contributed by atoms with E-state index in [1.807, 2.05) is 5.38 Å². The standard InChI is InChI=1S/C12H20N2O2S/c1-8-4-5-17-10(8)12(2,3)7-14-11(16)9(15)6-13/h4-5,9,15H,6-7,13H2,1-3H3,(H,14,16). The fraction of sp³-hybridized carbons (Fsp3) is 0.583. The molecule has 0 aliphatic heterocycles. The number of carbonyl (C=O) groups is 1. The van der Waals surface area contributed by atoms with E-state index < -0.39 is 12.0 Å². The third-order valence-corrected chi connectivity index (χ3v) is 4.09. The summed E-state index contributed by atoms with van der Waals surface area (Å²) in [4.78, 5) is 12.7. The minimum atomic E-state index is -1.12. The van der Waals surface area contributed by atoms with E-state index in [1.54, 1.807) is 11.3 Å². The molecule has 4 N–H and O–H groups in total. The lowest BCUT2D eigenvalue weighted by atomic mass is 9.89. The van der Waals surface area contributed by atoms with Gasteiger partial charge in [0.1, 0.15) is 6.10 Å². The quantitative estimate of drug-likeness (QED) is 0.728. The number of nitrogens with one attached hydrogen (secondary N) is 1. The molecule has 0 aliphatic carbocycles. The van der Waals surface area contributed by atoms with E-state index in [0.717, 1.165) is 0 Å². The van der Waals surface area contributed by atoms with Crippen LogP contribution >= 0.6 is 11.3 Å². The van der Waals surface area contributed by atoms with Crippen molar-refractivity contribution in [1.29, 1.82) is 0 Å². The van der Waals surface area contributed by atoms with Crippen molar-refractivity contribution in [1.82, 2.24) is 5.32 Å². The Hall–Kier alpha value is -0.910.